The van der Waals surface area contributed by atoms with Gasteiger partial charge in [-0.2, -0.15) is 0 Å². The van der Waals surface area contributed by atoms with Crippen LogP contribution in [0.3, 0.4) is 0 Å². The Hall–Kier alpha value is -4.97. The molecule has 1 unspecified atom stereocenters. The summed E-state index contributed by atoms with van der Waals surface area (Å²) >= 11 is 0. The molecule has 0 heterocycles. The molecule has 0 fully saturated rings. The molecule has 0 N–H and O–H groups in total. The zero-order chi connectivity index (χ0) is 41.5. The Kier molecular flexibility index (Phi) is 39.9. The summed E-state index contributed by atoms with van der Waals surface area (Å²) in [5, 5.41) is 0. The minimum absolute atomic E-state index is 0.146. The van der Waals surface area contributed by atoms with Gasteiger partial charge in [0.1, 0.15) is 13.2 Å². The number of carbonyl (C=O) groups is 3. The van der Waals surface area contributed by atoms with Gasteiger partial charge in [-0.05, 0) is 70.6 Å². The summed E-state index contributed by atoms with van der Waals surface area (Å²) in [6.45, 7) is 6.01. The summed E-state index contributed by atoms with van der Waals surface area (Å²) < 4.78 is 16.5. The van der Waals surface area contributed by atoms with E-state index in [2.05, 4.69) is 51.2 Å². The van der Waals surface area contributed by atoms with E-state index in [1.54, 1.807) is 0 Å². The highest BCUT2D eigenvalue weighted by molar-refractivity contribution is 5.71. The fourth-order valence-corrected chi connectivity index (χ4v) is 4.72. The average Bonchev–Trinajstić information content (AvgIpc) is 3.21. The van der Waals surface area contributed by atoms with Crippen LogP contribution in [0.15, 0.2) is 158 Å². The number of carbonyl (C=O) groups excluding carboxylic acids is 3. The van der Waals surface area contributed by atoms with Gasteiger partial charge in [0.15, 0.2) is 6.10 Å². The van der Waals surface area contributed by atoms with E-state index in [1.807, 2.05) is 128 Å². The second-order valence-corrected chi connectivity index (χ2v) is 13.1. The first-order chi connectivity index (χ1) is 28.0. The van der Waals surface area contributed by atoms with E-state index in [9.17, 15) is 14.4 Å². The molecule has 0 aromatic carbocycles. The average molecular weight is 781 g/mol. The van der Waals surface area contributed by atoms with Crippen LogP contribution in [0, 0.1) is 0 Å². The van der Waals surface area contributed by atoms with E-state index < -0.39 is 6.10 Å². The topological polar surface area (TPSA) is 78.9 Å². The second kappa shape index (κ2) is 43.8. The predicted octanol–water partition coefficient (Wildman–Crippen LogP) is 13.5. The maximum absolute atomic E-state index is 12.7. The minimum Gasteiger partial charge on any atom is -0.462 e. The molecule has 0 aliphatic carbocycles. The van der Waals surface area contributed by atoms with Crippen molar-refractivity contribution < 1.29 is 28.6 Å². The number of unbranched alkanes of at least 4 members (excludes halogenated alkanes) is 7. The van der Waals surface area contributed by atoms with Crippen molar-refractivity contribution in [1.29, 1.82) is 0 Å². The molecule has 312 valence electrons. The van der Waals surface area contributed by atoms with Crippen LogP contribution in [-0.2, 0) is 28.6 Å². The molecule has 6 nitrogen and oxygen atoms in total. The van der Waals surface area contributed by atoms with Crippen LogP contribution in [-0.4, -0.2) is 37.2 Å². The summed E-state index contributed by atoms with van der Waals surface area (Å²) in [7, 11) is 0. The lowest BCUT2D eigenvalue weighted by Gasteiger charge is -2.18. The lowest BCUT2D eigenvalue weighted by molar-refractivity contribution is -0.167. The molecule has 0 aliphatic heterocycles. The third-order valence-corrected chi connectivity index (χ3v) is 7.83. The molecule has 1 atom stereocenters. The first-order valence-corrected chi connectivity index (χ1v) is 21.2. The van der Waals surface area contributed by atoms with Gasteiger partial charge in [0.2, 0.25) is 0 Å². The van der Waals surface area contributed by atoms with Gasteiger partial charge in [0.25, 0.3) is 0 Å². The fourth-order valence-electron chi connectivity index (χ4n) is 4.72. The van der Waals surface area contributed by atoms with Gasteiger partial charge >= 0.3 is 17.9 Å². The van der Waals surface area contributed by atoms with Crippen molar-refractivity contribution in [3.05, 3.63) is 158 Å². The quantitative estimate of drug-likeness (QED) is 0.0280. The van der Waals surface area contributed by atoms with Crippen molar-refractivity contribution in [2.75, 3.05) is 13.2 Å². The summed E-state index contributed by atoms with van der Waals surface area (Å²) in [5.74, 6) is -1.12. The molecule has 0 saturated heterocycles. The highest BCUT2D eigenvalue weighted by Crippen LogP contribution is 2.10. The molecule has 0 rings (SSSR count). The number of rotatable bonds is 34. The Labute approximate surface area is 346 Å². The van der Waals surface area contributed by atoms with Crippen molar-refractivity contribution >= 4 is 17.9 Å². The maximum Gasteiger partial charge on any atom is 0.306 e. The highest BCUT2D eigenvalue weighted by atomic mass is 16.6. The maximum atomic E-state index is 12.7. The zero-order valence-electron chi connectivity index (χ0n) is 35.3. The van der Waals surface area contributed by atoms with Gasteiger partial charge in [0.05, 0.1) is 0 Å². The Morgan fingerprint density at radius 2 is 0.649 bits per heavy atom. The second-order valence-electron chi connectivity index (χ2n) is 13.1. The summed E-state index contributed by atoms with van der Waals surface area (Å²) in [6, 6.07) is 0. The fraction of sp³-hybridized carbons (Fsp3) is 0.431. The predicted molar refractivity (Wildman–Crippen MR) is 242 cm³/mol. The standard InChI is InChI=1S/C51H72O6/c1-4-7-10-13-16-19-22-25-28-31-34-37-40-43-49(52)55-46-48(57-51(54)45-42-39-36-33-30-27-24-21-18-15-12-9-6-3)47-56-50(53)44-41-38-35-32-29-26-23-20-17-14-11-8-5-2/h7-31,34,48H,4-6,32-33,35-47H2,1-3H3/b10-7+,11-8+,12-9+,16-13+,17-14+,18-15+,22-19+,23-20+,24-21+,28-25+,29-26+,30-27+,34-31+. The number of hydrogen-bond donors (Lipinski definition) is 0. The zero-order valence-corrected chi connectivity index (χ0v) is 35.3. The summed E-state index contributed by atoms with van der Waals surface area (Å²) in [5.41, 5.74) is 0. The van der Waals surface area contributed by atoms with E-state index in [1.165, 1.54) is 0 Å². The van der Waals surface area contributed by atoms with E-state index >= 15 is 0 Å². The van der Waals surface area contributed by atoms with Crippen molar-refractivity contribution in [3.8, 4) is 0 Å². The molecule has 6 heteroatoms. The Morgan fingerprint density at radius 1 is 0.351 bits per heavy atom. The van der Waals surface area contributed by atoms with Crippen molar-refractivity contribution in [3.63, 3.8) is 0 Å². The largest absolute Gasteiger partial charge is 0.462 e. The molecule has 0 aromatic rings. The van der Waals surface area contributed by atoms with Crippen LogP contribution < -0.4 is 0 Å². The van der Waals surface area contributed by atoms with Gasteiger partial charge in [-0.25, -0.2) is 0 Å². The molecule has 0 aliphatic rings. The van der Waals surface area contributed by atoms with Crippen LogP contribution in [0.4, 0.5) is 0 Å². The van der Waals surface area contributed by atoms with Crippen molar-refractivity contribution in [2.24, 2.45) is 0 Å². The van der Waals surface area contributed by atoms with Crippen LogP contribution in [0.25, 0.3) is 0 Å². The normalized spacial score (nSPS) is 13.7. The number of ether oxygens (including phenoxy) is 3. The molecule has 0 radical (unpaired) electrons. The van der Waals surface area contributed by atoms with Crippen LogP contribution in [0.1, 0.15) is 124 Å². The van der Waals surface area contributed by atoms with Crippen molar-refractivity contribution in [1.82, 2.24) is 0 Å². The molecular formula is C51H72O6. The molecular weight excluding hydrogens is 709 g/mol. The van der Waals surface area contributed by atoms with E-state index in [0.29, 0.717) is 19.3 Å². The van der Waals surface area contributed by atoms with E-state index in [-0.39, 0.29) is 50.4 Å². The number of allylic oxidation sites excluding steroid dienone is 26. The van der Waals surface area contributed by atoms with E-state index in [0.717, 1.165) is 64.2 Å². The van der Waals surface area contributed by atoms with E-state index in [4.69, 9.17) is 14.2 Å². The molecule has 0 bridgehead atoms. The van der Waals surface area contributed by atoms with Crippen molar-refractivity contribution in [2.45, 2.75) is 130 Å². The lowest BCUT2D eigenvalue weighted by atomic mass is 10.1. The number of esters is 3. The monoisotopic (exact) mass is 781 g/mol. The third kappa shape index (κ3) is 42.0. The first-order valence-electron chi connectivity index (χ1n) is 21.2. The lowest BCUT2D eigenvalue weighted by Crippen LogP contribution is -2.30. The molecule has 0 saturated carbocycles. The van der Waals surface area contributed by atoms with Gasteiger partial charge in [-0.1, -0.05) is 192 Å². The van der Waals surface area contributed by atoms with Gasteiger partial charge < -0.3 is 14.2 Å². The Balaban J connectivity index is 4.70. The Bertz CT molecular complexity index is 1410. The minimum atomic E-state index is -0.849. The van der Waals surface area contributed by atoms with Crippen LogP contribution in [0.5, 0.6) is 0 Å². The Morgan fingerprint density at radius 3 is 1.02 bits per heavy atom. The molecule has 0 amide bonds. The number of hydrogen-bond acceptors (Lipinski definition) is 6. The van der Waals surface area contributed by atoms with Gasteiger partial charge in [-0.3, -0.25) is 14.4 Å². The first kappa shape index (κ1) is 52.0. The van der Waals surface area contributed by atoms with Crippen LogP contribution in [0.2, 0.25) is 0 Å². The summed E-state index contributed by atoms with van der Waals surface area (Å²) in [6.07, 6.45) is 63.8. The molecule has 0 aromatic heterocycles. The highest BCUT2D eigenvalue weighted by Gasteiger charge is 2.19. The molecule has 57 heavy (non-hydrogen) atoms. The van der Waals surface area contributed by atoms with Crippen LogP contribution >= 0.6 is 0 Å². The summed E-state index contributed by atoms with van der Waals surface area (Å²) in [4.78, 5) is 37.6. The van der Waals surface area contributed by atoms with Gasteiger partial charge in [-0.15, -0.1) is 0 Å². The SMILES string of the molecule is CC/C=C/C=C/C=C/C=C/C=C/CCCC(=O)OCC(COC(=O)CCCCC/C=C/C=C/C=C/C=C/CC)OC(=O)CCCCC/C=C/C=C/C=C/C=C/CC. The smallest absolute Gasteiger partial charge is 0.306 e. The third-order valence-electron chi connectivity index (χ3n) is 7.83. The van der Waals surface area contributed by atoms with Gasteiger partial charge in [0, 0.05) is 19.3 Å². The molecule has 0 spiro atoms.